The zero-order chi connectivity index (χ0) is 15.7. The van der Waals surface area contributed by atoms with E-state index >= 15 is 0 Å². The summed E-state index contributed by atoms with van der Waals surface area (Å²) < 4.78 is 28.7. The highest BCUT2D eigenvalue weighted by atomic mass is 32.2. The molecule has 0 aromatic heterocycles. The molecule has 0 aromatic carbocycles. The lowest BCUT2D eigenvalue weighted by molar-refractivity contribution is -0.147. The number of ether oxygens (including phenoxy) is 1. The van der Waals surface area contributed by atoms with Gasteiger partial charge in [-0.25, -0.2) is 8.42 Å². The molecule has 0 bridgehead atoms. The maximum absolute atomic E-state index is 12.4. The average Bonchev–Trinajstić information content (AvgIpc) is 2.31. The maximum Gasteiger partial charge on any atom is 0.305 e. The van der Waals surface area contributed by atoms with Gasteiger partial charge in [0.05, 0.1) is 36.0 Å². The highest BCUT2D eigenvalue weighted by Gasteiger charge is 2.42. The first kappa shape index (κ1) is 16.2. The number of nitrogens with zero attached hydrogens (tertiary/aromatic N) is 1. The van der Waals surface area contributed by atoms with E-state index in [4.69, 9.17) is 9.84 Å². The van der Waals surface area contributed by atoms with Crippen LogP contribution in [0.5, 0.6) is 0 Å². The fourth-order valence-electron chi connectivity index (χ4n) is 2.99. The molecule has 2 aliphatic rings. The van der Waals surface area contributed by atoms with Crippen molar-refractivity contribution < 1.29 is 27.9 Å². The number of hydrogen-bond acceptors (Lipinski definition) is 5. The fraction of sp³-hybridized carbons (Fsp3) is 0.846. The summed E-state index contributed by atoms with van der Waals surface area (Å²) in [4.78, 5) is 24.7. The van der Waals surface area contributed by atoms with Crippen LogP contribution in [0.25, 0.3) is 0 Å². The number of carboxylic acids is 1. The Morgan fingerprint density at radius 3 is 2.52 bits per heavy atom. The van der Waals surface area contributed by atoms with Gasteiger partial charge in [-0.3, -0.25) is 9.59 Å². The van der Waals surface area contributed by atoms with Crippen molar-refractivity contribution >= 4 is 21.7 Å². The monoisotopic (exact) mass is 319 g/mol. The molecule has 2 fully saturated rings. The summed E-state index contributed by atoms with van der Waals surface area (Å²) in [6, 6.07) is -0.775. The van der Waals surface area contributed by atoms with Crippen molar-refractivity contribution in [1.29, 1.82) is 0 Å². The maximum atomic E-state index is 12.4. The van der Waals surface area contributed by atoms with Crippen LogP contribution in [0.4, 0.5) is 0 Å². The molecule has 21 heavy (non-hydrogen) atoms. The topological polar surface area (TPSA) is 101 Å². The van der Waals surface area contributed by atoms with E-state index in [1.165, 1.54) is 4.90 Å². The Bertz CT molecular complexity index is 519. The summed E-state index contributed by atoms with van der Waals surface area (Å²) in [5.41, 5.74) is -0.443. The van der Waals surface area contributed by atoms with Gasteiger partial charge < -0.3 is 14.7 Å². The van der Waals surface area contributed by atoms with Gasteiger partial charge in [-0.15, -0.1) is 0 Å². The lowest BCUT2D eigenvalue weighted by Crippen LogP contribution is -2.54. The molecule has 0 aromatic rings. The van der Waals surface area contributed by atoms with Crippen molar-refractivity contribution in [3.8, 4) is 0 Å². The van der Waals surface area contributed by atoms with Gasteiger partial charge in [0.2, 0.25) is 5.91 Å². The first-order valence-electron chi connectivity index (χ1n) is 7.04. The zero-order valence-electron chi connectivity index (χ0n) is 12.1. The van der Waals surface area contributed by atoms with Gasteiger partial charge in [0.1, 0.15) is 0 Å². The molecule has 8 heteroatoms. The molecule has 1 N–H and O–H groups in total. The first-order valence-corrected chi connectivity index (χ1v) is 8.86. The number of aliphatic carboxylic acids is 1. The highest BCUT2D eigenvalue weighted by Crippen LogP contribution is 2.38. The van der Waals surface area contributed by atoms with Crippen molar-refractivity contribution in [2.24, 2.45) is 0 Å². The molecule has 1 heterocycles. The Morgan fingerprint density at radius 1 is 1.38 bits per heavy atom. The van der Waals surface area contributed by atoms with E-state index in [2.05, 4.69) is 0 Å². The van der Waals surface area contributed by atoms with Crippen LogP contribution in [0.3, 0.4) is 0 Å². The molecule has 1 aliphatic heterocycles. The second-order valence-electron chi connectivity index (χ2n) is 5.87. The molecular formula is C13H21NO6S. The highest BCUT2D eigenvalue weighted by molar-refractivity contribution is 7.91. The van der Waals surface area contributed by atoms with E-state index in [1.54, 1.807) is 7.11 Å². The summed E-state index contributed by atoms with van der Waals surface area (Å²) in [5.74, 6) is -1.68. The van der Waals surface area contributed by atoms with Crippen molar-refractivity contribution in [2.75, 3.05) is 25.2 Å². The van der Waals surface area contributed by atoms with E-state index in [9.17, 15) is 18.0 Å². The van der Waals surface area contributed by atoms with Crippen LogP contribution in [0.15, 0.2) is 0 Å². The summed E-state index contributed by atoms with van der Waals surface area (Å²) in [5, 5.41) is 8.91. The van der Waals surface area contributed by atoms with Crippen LogP contribution in [0.2, 0.25) is 0 Å². The molecule has 1 saturated heterocycles. The molecule has 2 rings (SSSR count). The summed E-state index contributed by atoms with van der Waals surface area (Å²) in [7, 11) is -1.70. The van der Waals surface area contributed by atoms with Crippen LogP contribution < -0.4 is 0 Å². The molecule has 0 spiro atoms. The summed E-state index contributed by atoms with van der Waals surface area (Å²) in [6.45, 7) is 0.0684. The van der Waals surface area contributed by atoms with Crippen molar-refractivity contribution in [3.63, 3.8) is 0 Å². The van der Waals surface area contributed by atoms with Gasteiger partial charge in [0, 0.05) is 13.7 Å². The lowest BCUT2D eigenvalue weighted by atomic mass is 9.77. The number of carbonyl (C=O) groups is 2. The van der Waals surface area contributed by atoms with E-state index in [1.807, 2.05) is 0 Å². The molecule has 1 amide bonds. The van der Waals surface area contributed by atoms with Gasteiger partial charge >= 0.3 is 5.97 Å². The fourth-order valence-corrected chi connectivity index (χ4v) is 4.51. The van der Waals surface area contributed by atoms with Crippen LogP contribution in [-0.4, -0.2) is 67.1 Å². The van der Waals surface area contributed by atoms with Gasteiger partial charge in [-0.05, 0) is 19.3 Å². The largest absolute Gasteiger partial charge is 0.481 e. The minimum atomic E-state index is -3.27. The van der Waals surface area contributed by atoms with Gasteiger partial charge in [0.15, 0.2) is 9.84 Å². The second kappa shape index (κ2) is 5.92. The van der Waals surface area contributed by atoms with Crippen LogP contribution >= 0.6 is 0 Å². The Labute approximate surface area is 124 Å². The SMILES string of the molecule is COC1(CC(=O)N2CCS(=O)(=O)CC2CC(=O)O)CCC1. The molecule has 1 unspecified atom stereocenters. The number of rotatable bonds is 5. The lowest BCUT2D eigenvalue weighted by Gasteiger charge is -2.43. The summed E-state index contributed by atoms with van der Waals surface area (Å²) in [6.07, 6.45) is 2.48. The van der Waals surface area contributed by atoms with Crippen LogP contribution in [0.1, 0.15) is 32.1 Å². The standard InChI is InChI=1S/C13H21NO6S/c1-20-13(3-2-4-13)8-11(15)14-5-6-21(18,19)9-10(14)7-12(16)17/h10H,2-9H2,1H3,(H,16,17). The van der Waals surface area contributed by atoms with Crippen molar-refractivity contribution in [2.45, 2.75) is 43.7 Å². The number of hydrogen-bond donors (Lipinski definition) is 1. The minimum absolute atomic E-state index is 0.0684. The smallest absolute Gasteiger partial charge is 0.305 e. The Kier molecular flexibility index (Phi) is 4.57. The third kappa shape index (κ3) is 3.74. The van der Waals surface area contributed by atoms with E-state index in [0.29, 0.717) is 0 Å². The van der Waals surface area contributed by atoms with Crippen LogP contribution in [-0.2, 0) is 24.2 Å². The number of methoxy groups -OCH3 is 1. The third-order valence-electron chi connectivity index (χ3n) is 4.43. The van der Waals surface area contributed by atoms with E-state index in [-0.39, 0.29) is 36.8 Å². The van der Waals surface area contributed by atoms with Crippen molar-refractivity contribution in [1.82, 2.24) is 4.90 Å². The molecule has 1 aliphatic carbocycles. The predicted octanol–water partition coefficient (Wildman–Crippen LogP) is 0.0459. The Hall–Kier alpha value is -1.15. The Morgan fingerprint density at radius 2 is 2.05 bits per heavy atom. The van der Waals surface area contributed by atoms with E-state index in [0.717, 1.165) is 19.3 Å². The third-order valence-corrected chi connectivity index (χ3v) is 6.13. The minimum Gasteiger partial charge on any atom is -0.481 e. The molecular weight excluding hydrogens is 298 g/mol. The molecule has 7 nitrogen and oxygen atoms in total. The number of sulfone groups is 1. The number of carbonyl (C=O) groups excluding carboxylic acids is 1. The Balaban J connectivity index is 2.08. The molecule has 1 atom stereocenters. The first-order chi connectivity index (χ1) is 9.77. The number of amides is 1. The van der Waals surface area contributed by atoms with Crippen molar-refractivity contribution in [3.05, 3.63) is 0 Å². The van der Waals surface area contributed by atoms with Gasteiger partial charge in [-0.2, -0.15) is 0 Å². The van der Waals surface area contributed by atoms with E-state index < -0.39 is 27.4 Å². The molecule has 1 saturated carbocycles. The second-order valence-corrected chi connectivity index (χ2v) is 8.10. The summed E-state index contributed by atoms with van der Waals surface area (Å²) >= 11 is 0. The average molecular weight is 319 g/mol. The molecule has 120 valence electrons. The molecule has 0 radical (unpaired) electrons. The normalized spacial score (nSPS) is 26.9. The number of carboxylic acid groups (broad SMARTS) is 1. The van der Waals surface area contributed by atoms with Crippen LogP contribution in [0, 0.1) is 0 Å². The zero-order valence-corrected chi connectivity index (χ0v) is 12.9. The quantitative estimate of drug-likeness (QED) is 0.768. The predicted molar refractivity (Wildman–Crippen MR) is 74.6 cm³/mol. The van der Waals surface area contributed by atoms with Gasteiger partial charge in [0.25, 0.3) is 0 Å². The van der Waals surface area contributed by atoms with Gasteiger partial charge in [-0.1, -0.05) is 0 Å².